The van der Waals surface area contributed by atoms with Crippen molar-refractivity contribution < 1.29 is 18.7 Å². The van der Waals surface area contributed by atoms with Gasteiger partial charge in [-0.25, -0.2) is 4.42 Å². The van der Waals surface area contributed by atoms with Crippen molar-refractivity contribution >= 4 is 28.4 Å². The minimum atomic E-state index is -0.195. The fraction of sp³-hybridized carbons (Fsp3) is 0.385. The van der Waals surface area contributed by atoms with Crippen LogP contribution in [0.3, 0.4) is 0 Å². The molecule has 2 aliphatic rings. The Kier molecular flexibility index (Phi) is 7.79. The van der Waals surface area contributed by atoms with E-state index in [0.717, 1.165) is 44.9 Å². The molecular weight excluding hydrogens is 532 g/mol. The van der Waals surface area contributed by atoms with Gasteiger partial charge in [0.2, 0.25) is 5.78 Å². The number of rotatable bonds is 5. The summed E-state index contributed by atoms with van der Waals surface area (Å²) in [6.45, 7) is 21.5. The van der Waals surface area contributed by atoms with Crippen LogP contribution in [0.15, 0.2) is 81.7 Å². The third-order valence-corrected chi connectivity index (χ3v) is 8.24. The van der Waals surface area contributed by atoms with E-state index in [2.05, 4.69) is 106 Å². The molecule has 1 aliphatic heterocycles. The van der Waals surface area contributed by atoms with E-state index in [4.69, 9.17) is 13.9 Å². The number of hydrogen-bond donors (Lipinski definition) is 0. The van der Waals surface area contributed by atoms with Crippen LogP contribution in [0.5, 0.6) is 5.75 Å². The van der Waals surface area contributed by atoms with Gasteiger partial charge < -0.3 is 9.47 Å². The van der Waals surface area contributed by atoms with Gasteiger partial charge in [-0.2, -0.15) is 0 Å². The van der Waals surface area contributed by atoms with E-state index in [-0.39, 0.29) is 16.6 Å². The minimum Gasteiger partial charge on any atom is -0.495 e. The molecule has 0 spiro atoms. The number of benzene rings is 2. The van der Waals surface area contributed by atoms with Crippen molar-refractivity contribution in [3.05, 3.63) is 105 Å². The SMILES string of the molecule is COC1=C(C=C2C=C(C(C)(C)C)Oc3ccc(C(C)C)cc32)C(=O)C1=Cc1cc(C(C)(C)C)[o+]c2ccc(C(C)C)cc12. The number of ether oxygens (including phenoxy) is 2. The summed E-state index contributed by atoms with van der Waals surface area (Å²) >= 11 is 0. The summed E-state index contributed by atoms with van der Waals surface area (Å²) in [5.74, 6) is 3.84. The summed E-state index contributed by atoms with van der Waals surface area (Å²) in [6, 6.07) is 14.7. The lowest BCUT2D eigenvalue weighted by molar-refractivity contribution is -0.113. The molecule has 0 bridgehead atoms. The van der Waals surface area contributed by atoms with Gasteiger partial charge in [0, 0.05) is 28.7 Å². The van der Waals surface area contributed by atoms with Gasteiger partial charge in [-0.1, -0.05) is 54.5 Å². The van der Waals surface area contributed by atoms with Gasteiger partial charge in [0.15, 0.2) is 0 Å². The number of hydrogen-bond acceptors (Lipinski definition) is 3. The first-order valence-electron chi connectivity index (χ1n) is 15.3. The Balaban J connectivity index is 1.68. The predicted molar refractivity (Wildman–Crippen MR) is 177 cm³/mol. The molecule has 3 aromatic rings. The summed E-state index contributed by atoms with van der Waals surface area (Å²) in [5, 5.41) is 0.985. The molecule has 1 aromatic heterocycles. The van der Waals surface area contributed by atoms with Crippen LogP contribution in [0, 0.1) is 5.41 Å². The third-order valence-electron chi connectivity index (χ3n) is 8.24. The summed E-state index contributed by atoms with van der Waals surface area (Å²) in [4.78, 5) is 13.8. The number of carbonyl (C=O) groups is 1. The first-order valence-corrected chi connectivity index (χ1v) is 15.3. The Morgan fingerprint density at radius 1 is 0.837 bits per heavy atom. The maximum Gasteiger partial charge on any atom is 0.360 e. The zero-order valence-electron chi connectivity index (χ0n) is 27.6. The first-order chi connectivity index (χ1) is 20.1. The van der Waals surface area contributed by atoms with Crippen LogP contribution < -0.4 is 4.74 Å². The lowest BCUT2D eigenvalue weighted by Gasteiger charge is -2.30. The highest BCUT2D eigenvalue weighted by molar-refractivity contribution is 6.24. The van der Waals surface area contributed by atoms with Crippen molar-refractivity contribution in [1.29, 1.82) is 0 Å². The quantitative estimate of drug-likeness (QED) is 0.224. The monoisotopic (exact) mass is 577 g/mol. The van der Waals surface area contributed by atoms with E-state index in [0.29, 0.717) is 28.7 Å². The van der Waals surface area contributed by atoms with Crippen LogP contribution in [0.2, 0.25) is 0 Å². The van der Waals surface area contributed by atoms with Gasteiger partial charge in [0.05, 0.1) is 29.1 Å². The van der Waals surface area contributed by atoms with Crippen LogP contribution >= 0.6 is 0 Å². The maximum absolute atomic E-state index is 13.8. The van der Waals surface area contributed by atoms with E-state index >= 15 is 0 Å². The highest BCUT2D eigenvalue weighted by atomic mass is 16.5. The Bertz CT molecular complexity index is 1740. The second kappa shape index (κ2) is 11.0. The summed E-state index contributed by atoms with van der Waals surface area (Å²) in [5.41, 5.74) is 6.88. The van der Waals surface area contributed by atoms with Gasteiger partial charge >= 0.3 is 11.3 Å². The molecule has 1 aliphatic carbocycles. The van der Waals surface area contributed by atoms with Gasteiger partial charge in [-0.15, -0.1) is 0 Å². The van der Waals surface area contributed by atoms with Gasteiger partial charge in [-0.3, -0.25) is 4.79 Å². The highest BCUT2D eigenvalue weighted by Crippen LogP contribution is 2.44. The average molecular weight is 578 g/mol. The molecule has 0 unspecified atom stereocenters. The number of allylic oxidation sites excluding steroid dienone is 6. The Labute approximate surface area is 256 Å². The van der Waals surface area contributed by atoms with E-state index in [1.165, 1.54) is 11.1 Å². The number of carbonyl (C=O) groups excluding carboxylic acids is 1. The molecule has 5 rings (SSSR count). The molecule has 0 radical (unpaired) electrons. The topological polar surface area (TPSA) is 46.8 Å². The Morgan fingerprint density at radius 2 is 1.49 bits per heavy atom. The molecule has 2 aromatic carbocycles. The number of methoxy groups -OCH3 is 1. The average Bonchev–Trinajstić information content (AvgIpc) is 2.94. The molecular formula is C39H45O4+. The molecule has 0 amide bonds. The standard InChI is InChI=1S/C39H45O4/c1-22(2)24-12-14-32-28(16-24)26(20-34(42-32)38(5,6)7)18-30-36(40)31(37(30)41-11)19-27-21-35(39(8,9)10)43-33-15-13-25(23(3)4)17-29(27)33/h12-23H,1-11H3/q+1. The number of Topliss-reactive ketones (excluding diaryl/α,β-unsaturated/α-hetero) is 1. The molecule has 0 N–H and O–H groups in total. The molecule has 0 saturated heterocycles. The van der Waals surface area contributed by atoms with Crippen molar-refractivity contribution in [1.82, 2.24) is 0 Å². The second-order valence-electron chi connectivity index (χ2n) is 14.4. The molecule has 224 valence electrons. The molecule has 43 heavy (non-hydrogen) atoms. The van der Waals surface area contributed by atoms with Gasteiger partial charge in [0.1, 0.15) is 17.3 Å². The third kappa shape index (κ3) is 5.85. The van der Waals surface area contributed by atoms with Crippen molar-refractivity contribution in [2.75, 3.05) is 7.11 Å². The zero-order chi connectivity index (χ0) is 31.4. The van der Waals surface area contributed by atoms with Crippen molar-refractivity contribution in [2.24, 2.45) is 5.41 Å². The fourth-order valence-corrected chi connectivity index (χ4v) is 5.38. The highest BCUT2D eigenvalue weighted by Gasteiger charge is 2.36. The van der Waals surface area contributed by atoms with Gasteiger partial charge in [-0.05, 0) is 91.8 Å². The second-order valence-corrected chi connectivity index (χ2v) is 14.4. The minimum absolute atomic E-state index is 0.0330. The molecule has 0 atom stereocenters. The van der Waals surface area contributed by atoms with E-state index in [1.54, 1.807) is 7.11 Å². The molecule has 0 saturated carbocycles. The zero-order valence-corrected chi connectivity index (χ0v) is 27.6. The van der Waals surface area contributed by atoms with E-state index in [9.17, 15) is 4.79 Å². The molecule has 0 fully saturated rings. The van der Waals surface area contributed by atoms with Crippen LogP contribution in [-0.4, -0.2) is 12.9 Å². The molecule has 2 heterocycles. The Morgan fingerprint density at radius 3 is 2.09 bits per heavy atom. The van der Waals surface area contributed by atoms with Crippen LogP contribution in [0.4, 0.5) is 0 Å². The number of ketones is 1. The molecule has 4 nitrogen and oxygen atoms in total. The van der Waals surface area contributed by atoms with Crippen LogP contribution in [-0.2, 0) is 14.9 Å². The van der Waals surface area contributed by atoms with Crippen LogP contribution in [0.25, 0.3) is 22.6 Å². The fourth-order valence-electron chi connectivity index (χ4n) is 5.38. The van der Waals surface area contributed by atoms with Gasteiger partial charge in [0.25, 0.3) is 0 Å². The lowest BCUT2D eigenvalue weighted by atomic mass is 9.82. The number of fused-ring (bicyclic) bond motifs is 2. The Hall–Kier alpha value is -3.92. The van der Waals surface area contributed by atoms with Crippen molar-refractivity contribution in [3.8, 4) is 5.75 Å². The smallest absolute Gasteiger partial charge is 0.360 e. The normalized spacial score (nSPS) is 17.5. The summed E-state index contributed by atoms with van der Waals surface area (Å²) < 4.78 is 18.6. The van der Waals surface area contributed by atoms with Crippen molar-refractivity contribution in [2.45, 2.75) is 86.5 Å². The first kappa shape index (κ1) is 30.5. The van der Waals surface area contributed by atoms with E-state index in [1.807, 2.05) is 24.3 Å². The van der Waals surface area contributed by atoms with Crippen molar-refractivity contribution in [3.63, 3.8) is 0 Å². The lowest BCUT2D eigenvalue weighted by Crippen LogP contribution is -2.23. The molecule has 4 heteroatoms. The largest absolute Gasteiger partial charge is 0.495 e. The summed E-state index contributed by atoms with van der Waals surface area (Å²) in [6.07, 6.45) is 5.99. The maximum atomic E-state index is 13.8. The summed E-state index contributed by atoms with van der Waals surface area (Å²) in [7, 11) is 1.63. The predicted octanol–water partition coefficient (Wildman–Crippen LogP) is 10.5. The van der Waals surface area contributed by atoms with E-state index < -0.39 is 0 Å². The van der Waals surface area contributed by atoms with Crippen LogP contribution in [0.1, 0.15) is 109 Å².